The van der Waals surface area contributed by atoms with Crippen LogP contribution in [0, 0.1) is 6.92 Å². The average Bonchev–Trinajstić information content (AvgIpc) is 2.76. The van der Waals surface area contributed by atoms with Gasteiger partial charge in [0.1, 0.15) is 16.8 Å². The highest BCUT2D eigenvalue weighted by molar-refractivity contribution is 7.99. The summed E-state index contributed by atoms with van der Waals surface area (Å²) in [5.41, 5.74) is 0.356. The molecule has 0 radical (unpaired) electrons. The third-order valence-electron chi connectivity index (χ3n) is 3.21. The minimum atomic E-state index is 0.221. The third-order valence-corrected chi connectivity index (χ3v) is 4.66. The lowest BCUT2D eigenvalue weighted by molar-refractivity contribution is 0.112. The first-order chi connectivity index (χ1) is 8.65. The van der Waals surface area contributed by atoms with E-state index < -0.39 is 0 Å². The summed E-state index contributed by atoms with van der Waals surface area (Å²) in [4.78, 5) is 19.4. The molecule has 1 aliphatic carbocycles. The molecule has 1 aromatic heterocycles. The maximum absolute atomic E-state index is 11.1. The van der Waals surface area contributed by atoms with Crippen molar-refractivity contribution in [2.75, 3.05) is 11.6 Å². The Hall–Kier alpha value is -0.810. The quantitative estimate of drug-likeness (QED) is 0.681. The molecule has 1 fully saturated rings. The lowest BCUT2D eigenvalue weighted by atomic mass is 10.2. The number of aryl methyl sites for hydroxylation is 1. The first-order valence-corrected chi connectivity index (χ1v) is 7.61. The third kappa shape index (κ3) is 2.78. The Balaban J connectivity index is 2.25. The van der Waals surface area contributed by atoms with E-state index in [1.807, 2.05) is 11.8 Å². The summed E-state index contributed by atoms with van der Waals surface area (Å²) < 4.78 is 0. The van der Waals surface area contributed by atoms with E-state index in [0.717, 1.165) is 6.42 Å². The zero-order valence-electron chi connectivity index (χ0n) is 10.4. The largest absolute Gasteiger partial charge is 0.365 e. The molecule has 1 N–H and O–H groups in total. The van der Waals surface area contributed by atoms with Gasteiger partial charge in [-0.05, 0) is 26.0 Å². The molecule has 1 heterocycles. The van der Waals surface area contributed by atoms with Gasteiger partial charge in [0.2, 0.25) is 0 Å². The molecule has 0 aromatic carbocycles. The summed E-state index contributed by atoms with van der Waals surface area (Å²) in [5.74, 6) is 1.14. The van der Waals surface area contributed by atoms with E-state index in [-0.39, 0.29) is 5.15 Å². The van der Waals surface area contributed by atoms with Gasteiger partial charge in [-0.1, -0.05) is 18.0 Å². The van der Waals surface area contributed by atoms with E-state index >= 15 is 0 Å². The summed E-state index contributed by atoms with van der Waals surface area (Å²) in [5, 5.41) is 4.14. The van der Waals surface area contributed by atoms with Crippen LogP contribution >= 0.6 is 23.4 Å². The summed E-state index contributed by atoms with van der Waals surface area (Å²) >= 11 is 7.82. The van der Waals surface area contributed by atoms with Crippen molar-refractivity contribution in [2.45, 2.75) is 37.5 Å². The van der Waals surface area contributed by atoms with Crippen molar-refractivity contribution < 1.29 is 4.79 Å². The topological polar surface area (TPSA) is 54.9 Å². The zero-order chi connectivity index (χ0) is 13.1. The molecule has 0 spiro atoms. The van der Waals surface area contributed by atoms with Crippen LogP contribution in [-0.2, 0) is 0 Å². The normalized spacial score (nSPS) is 23.1. The van der Waals surface area contributed by atoms with Crippen molar-refractivity contribution in [1.29, 1.82) is 0 Å². The molecule has 18 heavy (non-hydrogen) atoms. The predicted molar refractivity (Wildman–Crippen MR) is 75.7 cm³/mol. The number of thioether (sulfide) groups is 1. The summed E-state index contributed by atoms with van der Waals surface area (Å²) in [6, 6.07) is 0.351. The van der Waals surface area contributed by atoms with Crippen LogP contribution in [0.25, 0.3) is 0 Å². The second kappa shape index (κ2) is 5.89. The number of carbonyl (C=O) groups excluding carboxylic acids is 1. The number of carbonyl (C=O) groups is 1. The van der Waals surface area contributed by atoms with Crippen LogP contribution in [0.5, 0.6) is 0 Å². The fourth-order valence-electron chi connectivity index (χ4n) is 2.31. The maximum Gasteiger partial charge on any atom is 0.156 e. The zero-order valence-corrected chi connectivity index (χ0v) is 12.0. The number of halogens is 1. The van der Waals surface area contributed by atoms with Crippen molar-refractivity contribution in [3.05, 3.63) is 16.5 Å². The SMILES string of the molecule is CSC1CCCC1Nc1nc(C)nc(Cl)c1C=O. The number of nitrogens with zero attached hydrogens (tertiary/aromatic N) is 2. The molecule has 0 aliphatic heterocycles. The highest BCUT2D eigenvalue weighted by atomic mass is 35.5. The number of aromatic nitrogens is 2. The molecule has 1 aliphatic rings. The van der Waals surface area contributed by atoms with Gasteiger partial charge in [-0.3, -0.25) is 4.79 Å². The highest BCUT2D eigenvalue weighted by Gasteiger charge is 2.27. The van der Waals surface area contributed by atoms with Crippen molar-refractivity contribution in [1.82, 2.24) is 9.97 Å². The lowest BCUT2D eigenvalue weighted by Crippen LogP contribution is -2.27. The monoisotopic (exact) mass is 285 g/mol. The summed E-state index contributed by atoms with van der Waals surface area (Å²) in [7, 11) is 0. The molecule has 2 atom stereocenters. The van der Waals surface area contributed by atoms with Gasteiger partial charge in [-0.15, -0.1) is 0 Å². The number of anilines is 1. The van der Waals surface area contributed by atoms with Gasteiger partial charge in [0.05, 0.1) is 5.56 Å². The fraction of sp³-hybridized carbons (Fsp3) is 0.583. The average molecular weight is 286 g/mol. The van der Waals surface area contributed by atoms with E-state index in [9.17, 15) is 4.79 Å². The van der Waals surface area contributed by atoms with Crippen LogP contribution in [-0.4, -0.2) is 33.8 Å². The number of rotatable bonds is 4. The van der Waals surface area contributed by atoms with Gasteiger partial charge in [0.25, 0.3) is 0 Å². The Labute approximate surface area is 116 Å². The molecule has 2 rings (SSSR count). The van der Waals surface area contributed by atoms with Gasteiger partial charge >= 0.3 is 0 Å². The Kier molecular flexibility index (Phi) is 4.45. The van der Waals surface area contributed by atoms with Crippen LogP contribution in [0.3, 0.4) is 0 Å². The first-order valence-electron chi connectivity index (χ1n) is 5.94. The van der Waals surface area contributed by atoms with E-state index in [0.29, 0.717) is 34.8 Å². The van der Waals surface area contributed by atoms with Crippen LogP contribution < -0.4 is 5.32 Å². The van der Waals surface area contributed by atoms with Gasteiger partial charge < -0.3 is 5.32 Å². The van der Waals surface area contributed by atoms with Crippen LogP contribution in [0.4, 0.5) is 5.82 Å². The molecule has 1 aromatic rings. The Bertz CT molecular complexity index is 455. The predicted octanol–water partition coefficient (Wildman–Crippen LogP) is 2.95. The Morgan fingerprint density at radius 3 is 2.89 bits per heavy atom. The lowest BCUT2D eigenvalue weighted by Gasteiger charge is -2.20. The molecule has 0 saturated heterocycles. The summed E-state index contributed by atoms with van der Waals surface area (Å²) in [6.45, 7) is 1.77. The van der Waals surface area contributed by atoms with Gasteiger partial charge in [-0.25, -0.2) is 9.97 Å². The summed E-state index contributed by atoms with van der Waals surface area (Å²) in [6.07, 6.45) is 6.34. The number of aldehydes is 1. The van der Waals surface area contributed by atoms with Crippen LogP contribution in [0.2, 0.25) is 5.15 Å². The Morgan fingerprint density at radius 2 is 2.22 bits per heavy atom. The highest BCUT2D eigenvalue weighted by Crippen LogP contribution is 2.31. The molecule has 4 nitrogen and oxygen atoms in total. The molecule has 2 unspecified atom stereocenters. The van der Waals surface area contributed by atoms with Gasteiger partial charge in [0.15, 0.2) is 6.29 Å². The number of hydrogen-bond donors (Lipinski definition) is 1. The van der Waals surface area contributed by atoms with Gasteiger partial charge in [-0.2, -0.15) is 11.8 Å². The molecule has 0 amide bonds. The second-order valence-electron chi connectivity index (χ2n) is 4.40. The minimum Gasteiger partial charge on any atom is -0.365 e. The van der Waals surface area contributed by atoms with Crippen molar-refractivity contribution in [3.63, 3.8) is 0 Å². The molecule has 1 saturated carbocycles. The molecule has 0 bridgehead atoms. The van der Waals surface area contributed by atoms with Crippen molar-refractivity contribution in [2.24, 2.45) is 0 Å². The minimum absolute atomic E-state index is 0.221. The second-order valence-corrected chi connectivity index (χ2v) is 5.83. The maximum atomic E-state index is 11.1. The molecule has 6 heteroatoms. The Morgan fingerprint density at radius 1 is 1.44 bits per heavy atom. The van der Waals surface area contributed by atoms with E-state index in [2.05, 4.69) is 21.5 Å². The van der Waals surface area contributed by atoms with Gasteiger partial charge in [0, 0.05) is 11.3 Å². The molecular weight excluding hydrogens is 270 g/mol. The fourth-order valence-corrected chi connectivity index (χ4v) is 3.50. The van der Waals surface area contributed by atoms with Crippen LogP contribution in [0.1, 0.15) is 35.4 Å². The van der Waals surface area contributed by atoms with E-state index in [1.165, 1.54) is 12.8 Å². The molecule has 98 valence electrons. The molecular formula is C12H16ClN3OS. The van der Waals surface area contributed by atoms with Crippen molar-refractivity contribution in [3.8, 4) is 0 Å². The standard InChI is InChI=1S/C12H16ClN3OS/c1-7-14-11(13)8(6-17)12(15-7)16-9-4-3-5-10(9)18-2/h6,9-10H,3-5H2,1-2H3,(H,14,15,16). The smallest absolute Gasteiger partial charge is 0.156 e. The number of hydrogen-bond acceptors (Lipinski definition) is 5. The van der Waals surface area contributed by atoms with Crippen molar-refractivity contribution >= 4 is 35.5 Å². The first kappa shape index (κ1) is 13.6. The van der Waals surface area contributed by atoms with Crippen LogP contribution in [0.15, 0.2) is 0 Å². The number of nitrogens with one attached hydrogen (secondary N) is 1. The van der Waals surface area contributed by atoms with E-state index in [1.54, 1.807) is 6.92 Å². The van der Waals surface area contributed by atoms with E-state index in [4.69, 9.17) is 11.6 Å².